The summed E-state index contributed by atoms with van der Waals surface area (Å²) < 4.78 is 38.0. The van der Waals surface area contributed by atoms with Gasteiger partial charge in [-0.1, -0.05) is 23.7 Å². The van der Waals surface area contributed by atoms with E-state index < -0.39 is 11.9 Å². The summed E-state index contributed by atoms with van der Waals surface area (Å²) in [5.41, 5.74) is -0.692. The lowest BCUT2D eigenvalue weighted by Crippen LogP contribution is -2.13. The van der Waals surface area contributed by atoms with Crippen molar-refractivity contribution in [2.24, 2.45) is 0 Å². The van der Waals surface area contributed by atoms with Gasteiger partial charge in [0.05, 0.1) is 0 Å². The molecule has 0 fully saturated rings. The van der Waals surface area contributed by atoms with Crippen molar-refractivity contribution >= 4 is 17.4 Å². The van der Waals surface area contributed by atoms with Crippen molar-refractivity contribution in [1.82, 2.24) is 9.78 Å². The van der Waals surface area contributed by atoms with Gasteiger partial charge in [0.25, 0.3) is 0 Å². The van der Waals surface area contributed by atoms with Gasteiger partial charge in [-0.05, 0) is 18.2 Å². The molecule has 3 nitrogen and oxygen atoms in total. The van der Waals surface area contributed by atoms with Crippen LogP contribution in [-0.4, -0.2) is 15.6 Å². The van der Waals surface area contributed by atoms with Gasteiger partial charge in [0, 0.05) is 16.8 Å². The van der Waals surface area contributed by atoms with Crippen molar-refractivity contribution in [2.75, 3.05) is 0 Å². The Kier molecular flexibility index (Phi) is 3.61. The Balaban J connectivity index is 2.13. The molecule has 0 aliphatic rings. The van der Waals surface area contributed by atoms with Crippen molar-refractivity contribution in [2.45, 2.75) is 12.7 Å². The van der Waals surface area contributed by atoms with Crippen molar-refractivity contribution in [3.8, 4) is 0 Å². The van der Waals surface area contributed by atoms with E-state index in [-0.39, 0.29) is 12.3 Å². The van der Waals surface area contributed by atoms with E-state index in [0.29, 0.717) is 10.6 Å². The summed E-state index contributed by atoms with van der Waals surface area (Å²) in [6.45, 7) is -0.267. The number of carbonyl (C=O) groups is 1. The van der Waals surface area contributed by atoms with Crippen LogP contribution in [0.5, 0.6) is 0 Å². The van der Waals surface area contributed by atoms with Crippen LogP contribution < -0.4 is 0 Å². The Morgan fingerprint density at radius 1 is 1.32 bits per heavy atom. The maximum atomic E-state index is 12.3. The molecule has 0 unspecified atom stereocenters. The van der Waals surface area contributed by atoms with Gasteiger partial charge < -0.3 is 0 Å². The molecular weight excluding hydrogens is 281 g/mol. The molecule has 0 aliphatic carbocycles. The van der Waals surface area contributed by atoms with Crippen LogP contribution in [0.25, 0.3) is 0 Å². The highest BCUT2D eigenvalue weighted by atomic mass is 35.5. The summed E-state index contributed by atoms with van der Waals surface area (Å²) in [6.07, 6.45) is -3.39. The quantitative estimate of drug-likeness (QED) is 0.811. The number of hydrogen-bond acceptors (Lipinski definition) is 2. The molecule has 0 amide bonds. The molecule has 0 saturated carbocycles. The first-order chi connectivity index (χ1) is 8.86. The topological polar surface area (TPSA) is 34.9 Å². The molecule has 0 N–H and O–H groups in total. The molecular formula is C12H8ClF3N2O. The molecule has 1 heterocycles. The first kappa shape index (κ1) is 13.6. The molecule has 2 aromatic rings. The molecule has 1 aromatic heterocycles. The molecule has 0 spiro atoms. The Hall–Kier alpha value is -1.82. The summed E-state index contributed by atoms with van der Waals surface area (Å²) in [5, 5.41) is 3.70. The van der Waals surface area contributed by atoms with E-state index in [9.17, 15) is 18.0 Å². The molecule has 100 valence electrons. The van der Waals surface area contributed by atoms with Crippen LogP contribution in [0.15, 0.2) is 36.5 Å². The van der Waals surface area contributed by atoms with Crippen LogP contribution in [-0.2, 0) is 12.7 Å². The number of hydrogen-bond donors (Lipinski definition) is 0. The second kappa shape index (κ2) is 5.05. The lowest BCUT2D eigenvalue weighted by molar-refractivity contribution is -0.141. The van der Waals surface area contributed by atoms with Crippen LogP contribution in [0, 0.1) is 0 Å². The molecule has 0 radical (unpaired) electrons. The predicted octanol–water partition coefficient (Wildman–Crippen LogP) is 3.44. The van der Waals surface area contributed by atoms with E-state index >= 15 is 0 Å². The first-order valence-electron chi connectivity index (χ1n) is 5.26. The molecule has 1 aromatic carbocycles. The number of alkyl halides is 3. The standard InChI is InChI=1S/C12H8ClF3N2O/c13-9-3-1-2-8(6-9)10(19)7-18-5-4-11(17-18)12(14,15)16/h1-6H,7H2. The minimum atomic E-state index is -4.51. The van der Waals surface area contributed by atoms with E-state index in [4.69, 9.17) is 11.6 Å². The minimum Gasteiger partial charge on any atom is -0.292 e. The third-order valence-electron chi connectivity index (χ3n) is 2.38. The fourth-order valence-corrected chi connectivity index (χ4v) is 1.69. The second-order valence-electron chi connectivity index (χ2n) is 3.83. The van der Waals surface area contributed by atoms with Crippen LogP contribution >= 0.6 is 11.6 Å². The van der Waals surface area contributed by atoms with Gasteiger partial charge in [0.15, 0.2) is 11.5 Å². The van der Waals surface area contributed by atoms with Crippen LogP contribution in [0.1, 0.15) is 16.1 Å². The number of benzene rings is 1. The monoisotopic (exact) mass is 288 g/mol. The average Bonchev–Trinajstić information content (AvgIpc) is 2.77. The first-order valence-corrected chi connectivity index (χ1v) is 5.63. The van der Waals surface area contributed by atoms with Crippen molar-refractivity contribution in [3.63, 3.8) is 0 Å². The zero-order valence-corrected chi connectivity index (χ0v) is 10.2. The molecule has 19 heavy (non-hydrogen) atoms. The van der Waals surface area contributed by atoms with Crippen molar-refractivity contribution < 1.29 is 18.0 Å². The summed E-state index contributed by atoms with van der Waals surface area (Å²) in [6, 6.07) is 7.03. The van der Waals surface area contributed by atoms with E-state index in [1.165, 1.54) is 6.07 Å². The average molecular weight is 289 g/mol. The minimum absolute atomic E-state index is 0.267. The summed E-state index contributed by atoms with van der Waals surface area (Å²) >= 11 is 5.73. The lowest BCUT2D eigenvalue weighted by Gasteiger charge is -2.03. The number of aromatic nitrogens is 2. The van der Waals surface area contributed by atoms with E-state index in [2.05, 4.69) is 5.10 Å². The van der Waals surface area contributed by atoms with Crippen molar-refractivity contribution in [1.29, 1.82) is 0 Å². The summed E-state index contributed by atoms with van der Waals surface area (Å²) in [5.74, 6) is -0.362. The largest absolute Gasteiger partial charge is 0.435 e. The van der Waals surface area contributed by atoms with Crippen LogP contribution in [0.2, 0.25) is 5.02 Å². The normalized spacial score (nSPS) is 11.6. The highest BCUT2D eigenvalue weighted by Gasteiger charge is 2.33. The van der Waals surface area contributed by atoms with Gasteiger partial charge >= 0.3 is 6.18 Å². The van der Waals surface area contributed by atoms with Gasteiger partial charge in [-0.25, -0.2) is 0 Å². The number of nitrogens with zero attached hydrogens (tertiary/aromatic N) is 2. The molecule has 2 rings (SSSR count). The van der Waals surface area contributed by atoms with E-state index in [1.54, 1.807) is 18.2 Å². The van der Waals surface area contributed by atoms with Gasteiger partial charge in [0.2, 0.25) is 0 Å². The number of Topliss-reactive ketones (excluding diaryl/α,β-unsaturated/α-hetero) is 1. The number of ketones is 1. The number of rotatable bonds is 3. The molecule has 0 atom stereocenters. The van der Waals surface area contributed by atoms with E-state index in [0.717, 1.165) is 16.9 Å². The highest BCUT2D eigenvalue weighted by molar-refractivity contribution is 6.31. The Labute approximate surface area is 111 Å². The maximum absolute atomic E-state index is 12.3. The lowest BCUT2D eigenvalue weighted by atomic mass is 10.1. The molecule has 0 bridgehead atoms. The number of carbonyl (C=O) groups excluding carboxylic acids is 1. The third kappa shape index (κ3) is 3.35. The van der Waals surface area contributed by atoms with Crippen LogP contribution in [0.3, 0.4) is 0 Å². The fourth-order valence-electron chi connectivity index (χ4n) is 1.50. The van der Waals surface area contributed by atoms with Gasteiger partial charge in [-0.2, -0.15) is 18.3 Å². The maximum Gasteiger partial charge on any atom is 0.435 e. The Morgan fingerprint density at radius 3 is 2.63 bits per heavy atom. The second-order valence-corrected chi connectivity index (χ2v) is 4.27. The smallest absolute Gasteiger partial charge is 0.292 e. The predicted molar refractivity (Wildman–Crippen MR) is 63.0 cm³/mol. The summed E-state index contributed by atoms with van der Waals surface area (Å²) in [4.78, 5) is 11.8. The molecule has 0 aliphatic heterocycles. The van der Waals surface area contributed by atoms with Crippen LogP contribution in [0.4, 0.5) is 13.2 Å². The van der Waals surface area contributed by atoms with Gasteiger partial charge in [0.1, 0.15) is 6.54 Å². The number of halogens is 4. The van der Waals surface area contributed by atoms with Gasteiger partial charge in [-0.3, -0.25) is 9.48 Å². The third-order valence-corrected chi connectivity index (χ3v) is 2.62. The molecule has 7 heteroatoms. The highest BCUT2D eigenvalue weighted by Crippen LogP contribution is 2.27. The summed E-state index contributed by atoms with van der Waals surface area (Å²) in [7, 11) is 0. The van der Waals surface area contributed by atoms with E-state index in [1.807, 2.05) is 0 Å². The Morgan fingerprint density at radius 2 is 2.05 bits per heavy atom. The SMILES string of the molecule is O=C(Cn1ccc(C(F)(F)F)n1)c1cccc(Cl)c1. The zero-order valence-electron chi connectivity index (χ0n) is 9.49. The molecule has 0 saturated heterocycles. The van der Waals surface area contributed by atoms with Crippen molar-refractivity contribution in [3.05, 3.63) is 52.8 Å². The van der Waals surface area contributed by atoms with Gasteiger partial charge in [-0.15, -0.1) is 0 Å². The zero-order chi connectivity index (χ0) is 14.0. The fraction of sp³-hybridized carbons (Fsp3) is 0.167. The Bertz CT molecular complexity index is 607.